The largest absolute Gasteiger partial charge is 0.457 e. The highest BCUT2D eigenvalue weighted by Gasteiger charge is 2.30. The second-order valence-corrected chi connectivity index (χ2v) is 19.7. The van der Waals surface area contributed by atoms with Crippen molar-refractivity contribution in [1.29, 1.82) is 0 Å². The van der Waals surface area contributed by atoms with Crippen LogP contribution in [-0.2, 0) is 17.3 Å². The highest BCUT2D eigenvalue weighted by molar-refractivity contribution is 6.16. The average Bonchev–Trinajstić information content (AvgIpc) is 3.89. The topological polar surface area (TPSA) is 33.5 Å². The third-order valence-corrected chi connectivity index (χ3v) is 12.5. The zero-order valence-electron chi connectivity index (χ0n) is 43.5. The van der Waals surface area contributed by atoms with E-state index in [1.807, 2.05) is 24.3 Å². The summed E-state index contributed by atoms with van der Waals surface area (Å²) in [7, 11) is 0. The van der Waals surface area contributed by atoms with E-state index >= 15 is 0 Å². The van der Waals surface area contributed by atoms with Crippen LogP contribution in [0.2, 0.25) is 0 Å². The van der Waals surface area contributed by atoms with E-state index in [1.165, 1.54) is 16.8 Å². The molecule has 324 valence electrons. The van der Waals surface area contributed by atoms with Crippen LogP contribution in [0.25, 0.3) is 49.9 Å². The van der Waals surface area contributed by atoms with Gasteiger partial charge in [0.1, 0.15) is 24.0 Å². The molecule has 0 atom stereocenters. The number of hydrogen-bond acceptors (Lipinski definition) is 4. The molecule has 0 fully saturated rings. The first-order valence-electron chi connectivity index (χ1n) is 25.1. The standard InChI is InChI=1S/C60H58N4O/c1-40(2)30-43-31-57(61-38-52(43)42-22-13-10-14-23-42)64-53-27-16-15-26-50(53)58-51(41-20-11-9-12-21-41)36-49(37-56(58)64)65-48-25-19-24-46(35-48)62-39-63(55-29-18-17-28-54(55)62)47-33-44(59(3,4)5)32-45(34-47)60(6,7)8/h9-29,31-38,40H,30,39H2,1-8H3/i10D,13D,14D,22D,23D. The van der Waals surface area contributed by atoms with Crippen LogP contribution in [0, 0.1) is 5.92 Å². The maximum atomic E-state index is 8.85. The number of rotatable bonds is 9. The van der Waals surface area contributed by atoms with E-state index in [2.05, 4.69) is 185 Å². The number of anilines is 4. The molecule has 0 saturated carbocycles. The molecule has 1 aliphatic rings. The summed E-state index contributed by atoms with van der Waals surface area (Å²) in [4.78, 5) is 9.83. The molecule has 5 nitrogen and oxygen atoms in total. The number of hydrogen-bond donors (Lipinski definition) is 0. The van der Waals surface area contributed by atoms with Gasteiger partial charge < -0.3 is 14.5 Å². The first-order valence-corrected chi connectivity index (χ1v) is 22.6. The quantitative estimate of drug-likeness (QED) is 0.145. The maximum Gasteiger partial charge on any atom is 0.137 e. The Balaban J connectivity index is 1.10. The van der Waals surface area contributed by atoms with Gasteiger partial charge in [0, 0.05) is 46.0 Å². The summed E-state index contributed by atoms with van der Waals surface area (Å²) in [5, 5.41) is 2.09. The normalized spacial score (nSPS) is 14.1. The minimum atomic E-state index is -0.418. The summed E-state index contributed by atoms with van der Waals surface area (Å²) in [5.41, 5.74) is 12.5. The molecule has 0 aliphatic carbocycles. The predicted molar refractivity (Wildman–Crippen MR) is 274 cm³/mol. The van der Waals surface area contributed by atoms with Gasteiger partial charge in [-0.2, -0.15) is 0 Å². The smallest absolute Gasteiger partial charge is 0.137 e. The molecule has 5 heteroatoms. The van der Waals surface area contributed by atoms with Crippen molar-refractivity contribution >= 4 is 44.6 Å². The van der Waals surface area contributed by atoms with Crippen molar-refractivity contribution in [2.45, 2.75) is 72.6 Å². The van der Waals surface area contributed by atoms with Gasteiger partial charge >= 0.3 is 0 Å². The van der Waals surface area contributed by atoms with E-state index in [4.69, 9.17) is 16.6 Å². The third kappa shape index (κ3) is 8.05. The molecule has 3 heterocycles. The van der Waals surface area contributed by atoms with E-state index < -0.39 is 6.04 Å². The molecule has 0 bridgehead atoms. The lowest BCUT2D eigenvalue weighted by Gasteiger charge is -2.29. The zero-order valence-corrected chi connectivity index (χ0v) is 38.5. The molecule has 7 aromatic carbocycles. The van der Waals surface area contributed by atoms with E-state index in [1.54, 1.807) is 6.20 Å². The van der Waals surface area contributed by atoms with Crippen LogP contribution in [0.3, 0.4) is 0 Å². The summed E-state index contributed by atoms with van der Waals surface area (Å²) >= 11 is 0. The van der Waals surface area contributed by atoms with Crippen molar-refractivity contribution in [3.63, 3.8) is 0 Å². The fraction of sp³-hybridized carbons (Fsp3) is 0.217. The van der Waals surface area contributed by atoms with E-state index in [0.29, 0.717) is 36.0 Å². The van der Waals surface area contributed by atoms with Crippen LogP contribution in [-0.4, -0.2) is 16.2 Å². The van der Waals surface area contributed by atoms with Gasteiger partial charge in [-0.25, -0.2) is 4.98 Å². The monoisotopic (exact) mass is 855 g/mol. The number of benzene rings is 7. The van der Waals surface area contributed by atoms with Crippen molar-refractivity contribution in [3.8, 4) is 39.6 Å². The van der Waals surface area contributed by atoms with Crippen LogP contribution < -0.4 is 14.5 Å². The summed E-state index contributed by atoms with van der Waals surface area (Å²) in [5.74, 6) is 2.20. The molecular formula is C60H58N4O. The van der Waals surface area contributed by atoms with Gasteiger partial charge in [-0.05, 0) is 111 Å². The predicted octanol–water partition coefficient (Wildman–Crippen LogP) is 16.3. The van der Waals surface area contributed by atoms with Gasteiger partial charge in [0.05, 0.1) is 29.3 Å². The number of nitrogens with zero attached hydrogens (tertiary/aromatic N) is 4. The minimum Gasteiger partial charge on any atom is -0.457 e. The van der Waals surface area contributed by atoms with Crippen LogP contribution in [0.5, 0.6) is 11.5 Å². The van der Waals surface area contributed by atoms with Crippen LogP contribution in [0.15, 0.2) is 176 Å². The second-order valence-electron chi connectivity index (χ2n) is 19.7. The molecule has 10 rings (SSSR count). The Kier molecular flexibility index (Phi) is 9.18. The molecule has 1 aliphatic heterocycles. The maximum absolute atomic E-state index is 8.85. The van der Waals surface area contributed by atoms with Crippen molar-refractivity contribution in [2.24, 2.45) is 5.92 Å². The number of fused-ring (bicyclic) bond motifs is 4. The Morgan fingerprint density at radius 2 is 1.26 bits per heavy atom. The van der Waals surface area contributed by atoms with Gasteiger partial charge in [-0.3, -0.25) is 4.57 Å². The van der Waals surface area contributed by atoms with Crippen molar-refractivity contribution in [2.75, 3.05) is 16.5 Å². The van der Waals surface area contributed by atoms with E-state index in [9.17, 15) is 0 Å². The number of para-hydroxylation sites is 3. The summed E-state index contributed by atoms with van der Waals surface area (Å²) in [6, 6.07) is 47.3. The Morgan fingerprint density at radius 1 is 0.600 bits per heavy atom. The number of ether oxygens (including phenoxy) is 1. The molecule has 9 aromatic rings. The van der Waals surface area contributed by atoms with Gasteiger partial charge in [0.2, 0.25) is 0 Å². The number of aromatic nitrogens is 2. The lowest BCUT2D eigenvalue weighted by atomic mass is 9.80. The SMILES string of the molecule is [2H]c1c([2H])c([2H])c(-c2cnc(-n3c4ccccc4c4c(-c5ccccc5)cc(Oc5cccc(N6CN(c7cc(C(C)(C)C)cc(C(C)(C)C)c7)c7ccccc76)c5)cc43)cc2CC(C)C)c([2H])c1[2H]. The lowest BCUT2D eigenvalue weighted by Crippen LogP contribution is -2.25. The Morgan fingerprint density at radius 3 is 1.95 bits per heavy atom. The fourth-order valence-corrected chi connectivity index (χ4v) is 9.19. The fourth-order valence-electron chi connectivity index (χ4n) is 9.19. The Bertz CT molecular complexity index is 3430. The third-order valence-electron chi connectivity index (χ3n) is 12.5. The molecule has 0 spiro atoms. The van der Waals surface area contributed by atoms with E-state index in [-0.39, 0.29) is 46.5 Å². The first kappa shape index (κ1) is 36.3. The molecular weight excluding hydrogens is 793 g/mol. The minimum absolute atomic E-state index is 0.0202. The van der Waals surface area contributed by atoms with Gasteiger partial charge in [-0.15, -0.1) is 0 Å². The van der Waals surface area contributed by atoms with Gasteiger partial charge in [0.25, 0.3) is 0 Å². The summed E-state index contributed by atoms with van der Waals surface area (Å²) in [6.07, 6.45) is 2.28. The van der Waals surface area contributed by atoms with Crippen molar-refractivity contribution < 1.29 is 11.6 Å². The molecule has 0 radical (unpaired) electrons. The van der Waals surface area contributed by atoms with Crippen LogP contribution in [0.4, 0.5) is 22.7 Å². The van der Waals surface area contributed by atoms with Gasteiger partial charge in [-0.1, -0.05) is 158 Å². The van der Waals surface area contributed by atoms with Crippen molar-refractivity contribution in [1.82, 2.24) is 9.55 Å². The molecule has 0 saturated heterocycles. The summed E-state index contributed by atoms with van der Waals surface area (Å²) < 4.78 is 52.0. The van der Waals surface area contributed by atoms with Gasteiger partial charge in [0.15, 0.2) is 0 Å². The molecule has 0 amide bonds. The molecule has 0 unspecified atom stereocenters. The van der Waals surface area contributed by atoms with Crippen LogP contribution in [0.1, 0.15) is 78.9 Å². The average molecular weight is 856 g/mol. The molecule has 65 heavy (non-hydrogen) atoms. The van der Waals surface area contributed by atoms with Crippen molar-refractivity contribution in [3.05, 3.63) is 193 Å². The Hall–Kier alpha value is -7.11. The highest BCUT2D eigenvalue weighted by atomic mass is 16.5. The molecule has 2 aromatic heterocycles. The number of pyridine rings is 1. The zero-order chi connectivity index (χ0) is 49.4. The lowest BCUT2D eigenvalue weighted by molar-refractivity contribution is 0.483. The van der Waals surface area contributed by atoms with E-state index in [0.717, 1.165) is 55.6 Å². The Labute approximate surface area is 391 Å². The summed E-state index contributed by atoms with van der Waals surface area (Å²) in [6.45, 7) is 18.5. The first-order chi connectivity index (χ1) is 33.4. The van der Waals surface area contributed by atoms with Crippen LogP contribution >= 0.6 is 0 Å². The second kappa shape index (κ2) is 16.5. The highest BCUT2D eigenvalue weighted by Crippen LogP contribution is 2.47. The molecule has 0 N–H and O–H groups in total.